The number of imidazole rings is 1. The highest BCUT2D eigenvalue weighted by molar-refractivity contribution is 7.13. The van der Waals surface area contributed by atoms with Crippen LogP contribution in [-0.4, -0.2) is 37.3 Å². The Balaban J connectivity index is 1.50. The van der Waals surface area contributed by atoms with Gasteiger partial charge in [0.1, 0.15) is 5.69 Å². The number of aromatic amines is 1. The van der Waals surface area contributed by atoms with E-state index in [1.54, 1.807) is 35.9 Å². The summed E-state index contributed by atoms with van der Waals surface area (Å²) in [4.78, 5) is 33.3. The van der Waals surface area contributed by atoms with Crippen molar-refractivity contribution in [2.24, 2.45) is 0 Å². The number of amides is 1. The maximum Gasteiger partial charge on any atom is 0.275 e. The molecule has 3 N–H and O–H groups in total. The van der Waals surface area contributed by atoms with E-state index in [0.29, 0.717) is 18.7 Å². The molecule has 1 aromatic carbocycles. The largest absolute Gasteiger partial charge is 0.505 e. The van der Waals surface area contributed by atoms with E-state index in [1.807, 2.05) is 30.5 Å². The number of nitrogens with one attached hydrogen (secondary N) is 2. The third kappa shape index (κ3) is 4.01. The van der Waals surface area contributed by atoms with E-state index in [9.17, 15) is 14.7 Å². The van der Waals surface area contributed by atoms with Gasteiger partial charge in [0.2, 0.25) is 0 Å². The highest BCUT2D eigenvalue weighted by Crippen LogP contribution is 2.25. The van der Waals surface area contributed by atoms with E-state index in [2.05, 4.69) is 20.4 Å². The molecule has 0 saturated heterocycles. The van der Waals surface area contributed by atoms with Gasteiger partial charge < -0.3 is 15.4 Å². The number of carbonyl (C=O) groups is 1. The maximum absolute atomic E-state index is 12.6. The Labute approximate surface area is 175 Å². The minimum Gasteiger partial charge on any atom is -0.505 e. The third-order valence-electron chi connectivity index (χ3n) is 4.51. The van der Waals surface area contributed by atoms with Crippen LogP contribution in [0.1, 0.15) is 21.7 Å². The number of benzene rings is 1. The second-order valence-corrected chi connectivity index (χ2v) is 7.63. The molecule has 0 aliphatic heterocycles. The van der Waals surface area contributed by atoms with Gasteiger partial charge in [0.15, 0.2) is 11.4 Å². The molecule has 30 heavy (non-hydrogen) atoms. The van der Waals surface area contributed by atoms with E-state index in [4.69, 9.17) is 0 Å². The summed E-state index contributed by atoms with van der Waals surface area (Å²) in [6, 6.07) is 12.1. The number of hydrogen-bond acceptors (Lipinski definition) is 6. The number of aromatic nitrogens is 4. The highest BCUT2D eigenvalue weighted by atomic mass is 32.1. The number of aromatic hydroxyl groups is 1. The van der Waals surface area contributed by atoms with Gasteiger partial charge in [-0.15, -0.1) is 11.3 Å². The van der Waals surface area contributed by atoms with Gasteiger partial charge in [-0.25, -0.2) is 4.98 Å². The van der Waals surface area contributed by atoms with Crippen molar-refractivity contribution in [2.75, 3.05) is 6.54 Å². The first-order chi connectivity index (χ1) is 14.5. The molecule has 0 spiro atoms. The molecule has 4 rings (SSSR count). The fraction of sp³-hybridized carbons (Fsp3) is 0.143. The van der Waals surface area contributed by atoms with Gasteiger partial charge in [-0.3, -0.25) is 9.59 Å². The summed E-state index contributed by atoms with van der Waals surface area (Å²) in [5.41, 5.74) is 2.49. The fourth-order valence-corrected chi connectivity index (χ4v) is 3.82. The van der Waals surface area contributed by atoms with Gasteiger partial charge in [0.05, 0.1) is 16.9 Å². The van der Waals surface area contributed by atoms with Gasteiger partial charge in [-0.1, -0.05) is 18.2 Å². The van der Waals surface area contributed by atoms with Crippen LogP contribution in [-0.2, 0) is 6.42 Å². The lowest BCUT2D eigenvalue weighted by Crippen LogP contribution is -2.30. The number of hydrogen-bond donors (Lipinski definition) is 3. The molecule has 0 radical (unpaired) electrons. The zero-order valence-electron chi connectivity index (χ0n) is 16.1. The summed E-state index contributed by atoms with van der Waals surface area (Å²) in [6.07, 6.45) is 2.15. The molecule has 152 valence electrons. The van der Waals surface area contributed by atoms with Crippen molar-refractivity contribution >= 4 is 17.2 Å². The second-order valence-electron chi connectivity index (χ2n) is 6.68. The maximum atomic E-state index is 12.6. The Bertz CT molecular complexity index is 1240. The molecule has 0 aliphatic carbocycles. The quantitative estimate of drug-likeness (QED) is 0.443. The topological polar surface area (TPSA) is 113 Å². The lowest BCUT2D eigenvalue weighted by Gasteiger charge is -2.10. The van der Waals surface area contributed by atoms with E-state index in [0.717, 1.165) is 32.6 Å². The summed E-state index contributed by atoms with van der Waals surface area (Å²) in [5, 5.41) is 18.9. The van der Waals surface area contributed by atoms with Gasteiger partial charge in [-0.05, 0) is 36.1 Å². The smallest absolute Gasteiger partial charge is 0.275 e. The van der Waals surface area contributed by atoms with Crippen molar-refractivity contribution < 1.29 is 9.90 Å². The molecule has 0 saturated carbocycles. The number of H-pyrrole nitrogens is 1. The Morgan fingerprint density at radius 1 is 1.27 bits per heavy atom. The standard InChI is InChI=1S/C21H19N5O3S/c1-13-4-2-5-14(10-13)26-18(28)11-16(27)20(25-26)21(29)22-8-7-15-19(24-12-23-15)17-6-3-9-30-17/h2-6,9-12,27H,7-8H2,1H3,(H,22,29)(H,23,24). The van der Waals surface area contributed by atoms with Crippen LogP contribution in [0.4, 0.5) is 0 Å². The second kappa shape index (κ2) is 8.34. The van der Waals surface area contributed by atoms with Gasteiger partial charge >= 0.3 is 0 Å². The van der Waals surface area contributed by atoms with Crippen molar-refractivity contribution in [3.05, 3.63) is 81.5 Å². The van der Waals surface area contributed by atoms with Crippen LogP contribution in [0.25, 0.3) is 16.3 Å². The molecule has 0 aliphatic rings. The summed E-state index contributed by atoms with van der Waals surface area (Å²) in [6.45, 7) is 2.20. The SMILES string of the molecule is Cc1cccc(-n2nc(C(=O)NCCc3[nH]cnc3-c3cccs3)c(O)cc2=O)c1. The number of nitrogens with zero attached hydrogens (tertiary/aromatic N) is 3. The molecule has 4 aromatic rings. The highest BCUT2D eigenvalue weighted by Gasteiger charge is 2.17. The first-order valence-electron chi connectivity index (χ1n) is 9.27. The van der Waals surface area contributed by atoms with Gasteiger partial charge in [0.25, 0.3) is 11.5 Å². The number of thiophene rings is 1. The monoisotopic (exact) mass is 421 g/mol. The molecule has 0 fully saturated rings. The Kier molecular flexibility index (Phi) is 5.44. The van der Waals surface area contributed by atoms with Crippen molar-refractivity contribution in [2.45, 2.75) is 13.3 Å². The average Bonchev–Trinajstić information content (AvgIpc) is 3.39. The molecule has 0 unspecified atom stereocenters. The molecule has 9 heteroatoms. The summed E-state index contributed by atoms with van der Waals surface area (Å²) >= 11 is 1.59. The molecule has 0 atom stereocenters. The Morgan fingerprint density at radius 3 is 2.90 bits per heavy atom. The summed E-state index contributed by atoms with van der Waals surface area (Å²) in [7, 11) is 0. The van der Waals surface area contributed by atoms with Gasteiger partial charge in [0, 0.05) is 24.7 Å². The predicted molar refractivity (Wildman–Crippen MR) is 114 cm³/mol. The van der Waals surface area contributed by atoms with Crippen molar-refractivity contribution in [1.82, 2.24) is 25.1 Å². The van der Waals surface area contributed by atoms with Crippen LogP contribution >= 0.6 is 11.3 Å². The molecule has 1 amide bonds. The zero-order valence-corrected chi connectivity index (χ0v) is 16.9. The zero-order chi connectivity index (χ0) is 21.1. The summed E-state index contributed by atoms with van der Waals surface area (Å²) in [5.74, 6) is -1.02. The first kappa shape index (κ1) is 19.6. The number of rotatable bonds is 6. The number of aryl methyl sites for hydroxylation is 1. The van der Waals surface area contributed by atoms with E-state index >= 15 is 0 Å². The van der Waals surface area contributed by atoms with Crippen LogP contribution in [0.2, 0.25) is 0 Å². The van der Waals surface area contributed by atoms with Crippen molar-refractivity contribution in [3.63, 3.8) is 0 Å². The average molecular weight is 421 g/mol. The normalized spacial score (nSPS) is 10.8. The van der Waals surface area contributed by atoms with E-state index < -0.39 is 17.2 Å². The van der Waals surface area contributed by atoms with Crippen LogP contribution in [0.15, 0.2) is 59.0 Å². The minimum absolute atomic E-state index is 0.209. The van der Waals surface area contributed by atoms with Crippen LogP contribution < -0.4 is 10.9 Å². The fourth-order valence-electron chi connectivity index (χ4n) is 3.08. The van der Waals surface area contributed by atoms with Crippen LogP contribution in [0.5, 0.6) is 5.75 Å². The lowest BCUT2D eigenvalue weighted by atomic mass is 10.2. The van der Waals surface area contributed by atoms with E-state index in [-0.39, 0.29) is 5.69 Å². The third-order valence-corrected chi connectivity index (χ3v) is 5.38. The molecule has 0 bridgehead atoms. The predicted octanol–water partition coefficient (Wildman–Crippen LogP) is 2.67. The van der Waals surface area contributed by atoms with E-state index in [1.165, 1.54) is 0 Å². The summed E-state index contributed by atoms with van der Waals surface area (Å²) < 4.78 is 1.10. The van der Waals surface area contributed by atoms with Gasteiger partial charge in [-0.2, -0.15) is 9.78 Å². The van der Waals surface area contributed by atoms with Crippen molar-refractivity contribution in [3.8, 4) is 22.0 Å². The molecule has 8 nitrogen and oxygen atoms in total. The Hall–Kier alpha value is -3.72. The molecule has 3 heterocycles. The first-order valence-corrected chi connectivity index (χ1v) is 10.2. The number of carbonyl (C=O) groups excluding carboxylic acids is 1. The minimum atomic E-state index is -0.564. The molecule has 3 aromatic heterocycles. The Morgan fingerprint density at radius 2 is 2.13 bits per heavy atom. The van der Waals surface area contributed by atoms with Crippen LogP contribution in [0, 0.1) is 6.92 Å². The molecular weight excluding hydrogens is 402 g/mol. The van der Waals surface area contributed by atoms with Crippen LogP contribution in [0.3, 0.4) is 0 Å². The lowest BCUT2D eigenvalue weighted by molar-refractivity contribution is 0.0944. The molecular formula is C21H19N5O3S. The van der Waals surface area contributed by atoms with Crippen molar-refractivity contribution in [1.29, 1.82) is 0 Å².